The number of carbonyl (C=O) groups is 1. The number of hydrogen-bond donors (Lipinski definition) is 0. The molecule has 82 valence electrons. The molecule has 0 amide bonds. The molecule has 0 saturated heterocycles. The first-order valence-corrected chi connectivity index (χ1v) is 4.76. The van der Waals surface area contributed by atoms with Crippen molar-refractivity contribution in [1.82, 2.24) is 9.78 Å². The van der Waals surface area contributed by atoms with Crippen molar-refractivity contribution < 1.29 is 18.0 Å². The predicted octanol–water partition coefficient (Wildman–Crippen LogP) is 2.62. The van der Waals surface area contributed by atoms with Crippen LogP contribution in [0.1, 0.15) is 16.2 Å². The van der Waals surface area contributed by atoms with Gasteiger partial charge in [0.15, 0.2) is 6.29 Å². The maximum absolute atomic E-state index is 12.4. The molecular weight excluding hydrogens is 277 g/mol. The summed E-state index contributed by atoms with van der Waals surface area (Å²) in [5.41, 5.74) is -1.17. The average molecular weight is 283 g/mol. The number of aldehydes is 1. The number of rotatable bonds is 3. The van der Waals surface area contributed by atoms with Gasteiger partial charge in [0.2, 0.25) is 0 Å². The highest BCUT2D eigenvalue weighted by molar-refractivity contribution is 9.11. The first-order valence-electron chi connectivity index (χ1n) is 3.84. The fourth-order valence-corrected chi connectivity index (χ4v) is 1.17. The fourth-order valence-electron chi connectivity index (χ4n) is 1.00. The molecule has 0 saturated carbocycles. The lowest BCUT2D eigenvalue weighted by Gasteiger charge is -2.07. The summed E-state index contributed by atoms with van der Waals surface area (Å²) in [6, 6.07) is 0.717. The van der Waals surface area contributed by atoms with Crippen molar-refractivity contribution in [3.63, 3.8) is 0 Å². The molecule has 0 aliphatic rings. The molecule has 1 aromatic rings. The van der Waals surface area contributed by atoms with E-state index in [1.807, 2.05) is 0 Å². The van der Waals surface area contributed by atoms with Gasteiger partial charge in [0.05, 0.1) is 6.54 Å². The molecule has 0 atom stereocenters. The summed E-state index contributed by atoms with van der Waals surface area (Å²) in [6.45, 7) is -0.0477. The van der Waals surface area contributed by atoms with Crippen LogP contribution in [0.4, 0.5) is 13.2 Å². The van der Waals surface area contributed by atoms with E-state index >= 15 is 0 Å². The van der Waals surface area contributed by atoms with E-state index in [4.69, 9.17) is 0 Å². The summed E-state index contributed by atoms with van der Waals surface area (Å²) >= 11 is 2.93. The third-order valence-corrected chi connectivity index (χ3v) is 1.95. The number of allylic oxidation sites excluding steroid dienone is 1. The molecule has 1 rings (SSSR count). The molecule has 0 aliphatic carbocycles. The molecule has 1 heterocycles. The highest BCUT2D eigenvalue weighted by Gasteiger charge is 2.35. The lowest BCUT2D eigenvalue weighted by atomic mass is 10.3. The van der Waals surface area contributed by atoms with Crippen molar-refractivity contribution in [1.29, 1.82) is 0 Å². The molecule has 0 aromatic carbocycles. The highest BCUT2D eigenvalue weighted by atomic mass is 79.9. The van der Waals surface area contributed by atoms with E-state index in [0.29, 0.717) is 0 Å². The molecule has 0 aliphatic heterocycles. The summed E-state index contributed by atoms with van der Waals surface area (Å²) in [7, 11) is 0. The van der Waals surface area contributed by atoms with Crippen LogP contribution in [0.2, 0.25) is 0 Å². The number of aromatic nitrogens is 2. The Morgan fingerprint density at radius 2 is 2.20 bits per heavy atom. The lowest BCUT2D eigenvalue weighted by Crippen LogP contribution is -2.13. The number of alkyl halides is 3. The van der Waals surface area contributed by atoms with E-state index in [1.165, 1.54) is 11.1 Å². The summed E-state index contributed by atoms with van der Waals surface area (Å²) in [5.74, 6) is 0. The molecule has 0 N–H and O–H groups in total. The normalized spacial score (nSPS) is 12.3. The van der Waals surface area contributed by atoms with Gasteiger partial charge in [0.1, 0.15) is 11.4 Å². The van der Waals surface area contributed by atoms with E-state index in [-0.39, 0.29) is 18.5 Å². The van der Waals surface area contributed by atoms with Gasteiger partial charge in [-0.2, -0.15) is 18.3 Å². The molecular formula is C8H6BrF3N2O. The molecule has 7 heteroatoms. The molecule has 3 nitrogen and oxygen atoms in total. The predicted molar refractivity (Wildman–Crippen MR) is 50.7 cm³/mol. The van der Waals surface area contributed by atoms with Gasteiger partial charge in [-0.05, 0) is 11.1 Å². The minimum Gasteiger partial charge on any atom is -0.296 e. The van der Waals surface area contributed by atoms with Crippen LogP contribution in [0.25, 0.3) is 0 Å². The summed E-state index contributed by atoms with van der Waals surface area (Å²) in [4.78, 5) is 11.7. The first-order chi connectivity index (χ1) is 6.99. The minimum absolute atomic E-state index is 0.0477. The second kappa shape index (κ2) is 4.61. The third-order valence-electron chi connectivity index (χ3n) is 1.58. The highest BCUT2D eigenvalue weighted by Crippen LogP contribution is 2.29. The molecule has 0 bridgehead atoms. The Morgan fingerprint density at radius 1 is 1.53 bits per heavy atom. The molecule has 0 unspecified atom stereocenters. The van der Waals surface area contributed by atoms with Crippen LogP contribution in [-0.2, 0) is 12.7 Å². The molecule has 0 radical (unpaired) electrons. The van der Waals surface area contributed by atoms with Gasteiger partial charge in [0, 0.05) is 0 Å². The van der Waals surface area contributed by atoms with Crippen molar-refractivity contribution >= 4 is 22.2 Å². The Morgan fingerprint density at radius 3 is 2.67 bits per heavy atom. The zero-order valence-electron chi connectivity index (χ0n) is 7.33. The number of nitrogens with zero attached hydrogens (tertiary/aromatic N) is 2. The van der Waals surface area contributed by atoms with Crippen LogP contribution in [0.5, 0.6) is 0 Å². The summed E-state index contributed by atoms with van der Waals surface area (Å²) < 4.78 is 38.0. The third kappa shape index (κ3) is 2.92. The fraction of sp³-hybridized carbons (Fsp3) is 0.250. The monoisotopic (exact) mass is 282 g/mol. The average Bonchev–Trinajstić information content (AvgIpc) is 2.57. The molecule has 0 spiro atoms. The lowest BCUT2D eigenvalue weighted by molar-refractivity contribution is -0.144. The number of halogens is 4. The van der Waals surface area contributed by atoms with Crippen molar-refractivity contribution in [2.24, 2.45) is 0 Å². The molecule has 1 aromatic heterocycles. The van der Waals surface area contributed by atoms with Gasteiger partial charge >= 0.3 is 6.18 Å². The van der Waals surface area contributed by atoms with Crippen molar-refractivity contribution in [2.75, 3.05) is 0 Å². The first kappa shape index (κ1) is 12.0. The van der Waals surface area contributed by atoms with Gasteiger partial charge in [-0.1, -0.05) is 22.0 Å². The number of hydrogen-bond acceptors (Lipinski definition) is 2. The van der Waals surface area contributed by atoms with Crippen LogP contribution in [0.3, 0.4) is 0 Å². The van der Waals surface area contributed by atoms with Gasteiger partial charge < -0.3 is 0 Å². The van der Waals surface area contributed by atoms with Gasteiger partial charge in [-0.3, -0.25) is 9.48 Å². The molecule has 15 heavy (non-hydrogen) atoms. The number of carbonyl (C=O) groups excluding carboxylic acids is 1. The van der Waals surface area contributed by atoms with E-state index in [0.717, 1.165) is 10.7 Å². The van der Waals surface area contributed by atoms with Crippen LogP contribution in [0.15, 0.2) is 17.1 Å². The second-order valence-corrected chi connectivity index (χ2v) is 3.14. The Kier molecular flexibility index (Phi) is 3.67. The van der Waals surface area contributed by atoms with Crippen molar-refractivity contribution in [3.8, 4) is 0 Å². The largest absolute Gasteiger partial charge is 0.433 e. The maximum Gasteiger partial charge on any atom is 0.433 e. The Bertz CT molecular complexity index is 384. The summed E-state index contributed by atoms with van der Waals surface area (Å²) in [5, 5.41) is 3.49. The van der Waals surface area contributed by atoms with Crippen molar-refractivity contribution in [3.05, 3.63) is 28.5 Å². The van der Waals surface area contributed by atoms with Crippen LogP contribution >= 0.6 is 15.9 Å². The van der Waals surface area contributed by atoms with E-state index in [2.05, 4.69) is 21.0 Å². The summed E-state index contributed by atoms with van der Waals surface area (Å²) in [6.07, 6.45) is -2.78. The van der Waals surface area contributed by atoms with E-state index in [1.54, 1.807) is 0 Å². The van der Waals surface area contributed by atoms with Gasteiger partial charge in [-0.25, -0.2) is 0 Å². The van der Waals surface area contributed by atoms with Crippen LogP contribution < -0.4 is 0 Å². The van der Waals surface area contributed by atoms with Gasteiger partial charge in [-0.15, -0.1) is 0 Å². The SMILES string of the molecule is O=Cc1cc(C(F)(F)F)n(CC=CBr)n1. The Labute approximate surface area is 91.7 Å². The van der Waals surface area contributed by atoms with Crippen molar-refractivity contribution in [2.45, 2.75) is 12.7 Å². The topological polar surface area (TPSA) is 34.9 Å². The minimum atomic E-state index is -4.51. The van der Waals surface area contributed by atoms with Crippen LogP contribution in [0, 0.1) is 0 Å². The van der Waals surface area contributed by atoms with E-state index < -0.39 is 11.9 Å². The second-order valence-electron chi connectivity index (χ2n) is 2.61. The van der Waals surface area contributed by atoms with Gasteiger partial charge in [0.25, 0.3) is 0 Å². The quantitative estimate of drug-likeness (QED) is 0.799. The van der Waals surface area contributed by atoms with Crippen LogP contribution in [-0.4, -0.2) is 16.1 Å². The zero-order chi connectivity index (χ0) is 11.5. The smallest absolute Gasteiger partial charge is 0.296 e. The zero-order valence-corrected chi connectivity index (χ0v) is 8.92. The maximum atomic E-state index is 12.4. The Balaban J connectivity index is 3.11. The Hall–Kier alpha value is -1.11. The van der Waals surface area contributed by atoms with E-state index in [9.17, 15) is 18.0 Å². The standard InChI is InChI=1S/C8H6BrF3N2O/c9-2-1-3-14-7(8(10,11)12)4-6(5-15)13-14/h1-2,4-5H,3H2. The molecule has 0 fully saturated rings.